The van der Waals surface area contributed by atoms with E-state index in [9.17, 15) is 4.79 Å². The van der Waals surface area contributed by atoms with Crippen molar-refractivity contribution in [2.45, 2.75) is 12.7 Å². The van der Waals surface area contributed by atoms with Gasteiger partial charge in [-0.1, -0.05) is 0 Å². The monoisotopic (exact) mass is 136 g/mol. The van der Waals surface area contributed by atoms with Crippen LogP contribution in [0.25, 0.3) is 0 Å². The summed E-state index contributed by atoms with van der Waals surface area (Å²) in [5, 5.41) is 16.5. The second kappa shape index (κ2) is 4.25. The maximum atomic E-state index is 9.79. The van der Waals surface area contributed by atoms with Crippen LogP contribution in [0.1, 0.15) is 6.42 Å². The fourth-order valence-electron chi connectivity index (χ4n) is 0.294. The molecule has 0 rings (SSSR count). The van der Waals surface area contributed by atoms with Crippen molar-refractivity contribution in [3.8, 4) is 0 Å². The van der Waals surface area contributed by atoms with Gasteiger partial charge in [-0.25, -0.2) is 9.78 Å². The van der Waals surface area contributed by atoms with Crippen molar-refractivity contribution < 1.29 is 24.8 Å². The molecule has 0 spiro atoms. The van der Waals surface area contributed by atoms with Crippen LogP contribution in [0.4, 0.5) is 0 Å². The van der Waals surface area contributed by atoms with E-state index in [1.54, 1.807) is 0 Å². The molecule has 0 aromatic rings. The number of rotatable bonds is 4. The van der Waals surface area contributed by atoms with E-state index in [1.807, 2.05) is 0 Å². The maximum absolute atomic E-state index is 9.79. The third-order valence-corrected chi connectivity index (χ3v) is 0.557. The van der Waals surface area contributed by atoms with Gasteiger partial charge in [0.15, 0.2) is 6.29 Å². The van der Waals surface area contributed by atoms with Gasteiger partial charge >= 0.3 is 5.97 Å². The van der Waals surface area contributed by atoms with E-state index in [-0.39, 0.29) is 0 Å². The second-order valence-electron chi connectivity index (χ2n) is 1.32. The Hall–Kier alpha value is -0.650. The molecule has 0 saturated heterocycles. The van der Waals surface area contributed by atoms with Gasteiger partial charge in [0, 0.05) is 0 Å². The van der Waals surface area contributed by atoms with Crippen LogP contribution in [0.15, 0.2) is 0 Å². The summed E-state index contributed by atoms with van der Waals surface area (Å²) >= 11 is 0. The van der Waals surface area contributed by atoms with Crippen LogP contribution in [0, 0.1) is 0 Å². The van der Waals surface area contributed by atoms with Gasteiger partial charge < -0.3 is 10.2 Å². The summed E-state index contributed by atoms with van der Waals surface area (Å²) in [4.78, 5) is 17.8. The van der Waals surface area contributed by atoms with Gasteiger partial charge in [0.05, 0.1) is 13.5 Å². The minimum atomic E-state index is -1.38. The highest BCUT2D eigenvalue weighted by Crippen LogP contribution is 1.92. The summed E-state index contributed by atoms with van der Waals surface area (Å²) in [5.74, 6) is -1.14. The molecule has 0 saturated carbocycles. The third-order valence-electron chi connectivity index (χ3n) is 0.557. The van der Waals surface area contributed by atoms with Crippen molar-refractivity contribution in [1.82, 2.24) is 0 Å². The molecule has 0 aromatic carbocycles. The lowest BCUT2D eigenvalue weighted by Crippen LogP contribution is -2.15. The van der Waals surface area contributed by atoms with E-state index in [2.05, 4.69) is 9.78 Å². The molecule has 9 heavy (non-hydrogen) atoms. The van der Waals surface area contributed by atoms with Crippen molar-refractivity contribution in [2.75, 3.05) is 7.11 Å². The van der Waals surface area contributed by atoms with E-state index in [4.69, 9.17) is 10.2 Å². The zero-order chi connectivity index (χ0) is 7.28. The Morgan fingerprint density at radius 1 is 1.78 bits per heavy atom. The van der Waals surface area contributed by atoms with Gasteiger partial charge in [-0.15, -0.1) is 0 Å². The number of hydrogen-bond donors (Lipinski definition) is 2. The maximum Gasteiger partial charge on any atom is 0.308 e. The largest absolute Gasteiger partial charge is 0.481 e. The Kier molecular flexibility index (Phi) is 3.94. The predicted molar refractivity (Wildman–Crippen MR) is 26.4 cm³/mol. The molecular weight excluding hydrogens is 128 g/mol. The van der Waals surface area contributed by atoms with Gasteiger partial charge in [-0.3, -0.25) is 4.79 Å². The molecule has 0 bridgehead atoms. The summed E-state index contributed by atoms with van der Waals surface area (Å²) < 4.78 is 0. The number of aliphatic carboxylic acids is 1. The van der Waals surface area contributed by atoms with E-state index in [1.165, 1.54) is 7.11 Å². The van der Waals surface area contributed by atoms with Crippen LogP contribution >= 0.6 is 0 Å². The van der Waals surface area contributed by atoms with Crippen molar-refractivity contribution in [3.05, 3.63) is 0 Å². The fraction of sp³-hybridized carbons (Fsp3) is 0.750. The second-order valence-corrected chi connectivity index (χ2v) is 1.32. The number of carbonyl (C=O) groups is 1. The van der Waals surface area contributed by atoms with E-state index < -0.39 is 18.7 Å². The molecule has 0 amide bonds. The van der Waals surface area contributed by atoms with Crippen molar-refractivity contribution in [3.63, 3.8) is 0 Å². The summed E-state index contributed by atoms with van der Waals surface area (Å²) in [6.45, 7) is 0. The predicted octanol–water partition coefficient (Wildman–Crippen LogP) is -0.643. The molecule has 0 fully saturated rings. The zero-order valence-corrected chi connectivity index (χ0v) is 4.90. The lowest BCUT2D eigenvalue weighted by molar-refractivity contribution is -0.353. The smallest absolute Gasteiger partial charge is 0.308 e. The zero-order valence-electron chi connectivity index (χ0n) is 4.90. The van der Waals surface area contributed by atoms with Crippen LogP contribution < -0.4 is 0 Å². The fourth-order valence-corrected chi connectivity index (χ4v) is 0.294. The first-order valence-corrected chi connectivity index (χ1v) is 2.26. The summed E-state index contributed by atoms with van der Waals surface area (Å²) in [5.41, 5.74) is 0. The summed E-state index contributed by atoms with van der Waals surface area (Å²) in [6, 6.07) is 0. The van der Waals surface area contributed by atoms with Crippen molar-refractivity contribution in [2.24, 2.45) is 0 Å². The van der Waals surface area contributed by atoms with Crippen LogP contribution in [-0.2, 0) is 14.6 Å². The average Bonchev–Trinajstić information content (AvgIpc) is 1.63. The minimum absolute atomic E-state index is 0.478. The molecule has 0 aromatic heterocycles. The highest BCUT2D eigenvalue weighted by molar-refractivity contribution is 5.66. The Morgan fingerprint density at radius 2 is 2.33 bits per heavy atom. The highest BCUT2D eigenvalue weighted by Gasteiger charge is 2.08. The van der Waals surface area contributed by atoms with Crippen LogP contribution in [0.5, 0.6) is 0 Å². The number of hydrogen-bond acceptors (Lipinski definition) is 4. The third kappa shape index (κ3) is 5.22. The quantitative estimate of drug-likeness (QED) is 0.305. The molecule has 0 heterocycles. The molecule has 0 aliphatic heterocycles. The number of aliphatic hydroxyl groups is 1. The number of carboxylic acid groups (broad SMARTS) is 1. The molecule has 1 atom stereocenters. The minimum Gasteiger partial charge on any atom is -0.481 e. The Balaban J connectivity index is 3.26. The molecule has 0 aliphatic rings. The van der Waals surface area contributed by atoms with Gasteiger partial charge in [-0.2, -0.15) is 0 Å². The highest BCUT2D eigenvalue weighted by atomic mass is 17.2. The summed E-state index contributed by atoms with van der Waals surface area (Å²) in [6.07, 6.45) is -1.86. The van der Waals surface area contributed by atoms with E-state index in [0.717, 1.165) is 0 Å². The average molecular weight is 136 g/mol. The lowest BCUT2D eigenvalue weighted by atomic mass is 10.4. The van der Waals surface area contributed by atoms with E-state index >= 15 is 0 Å². The molecule has 0 aliphatic carbocycles. The lowest BCUT2D eigenvalue weighted by Gasteiger charge is -2.03. The van der Waals surface area contributed by atoms with Crippen LogP contribution in [0.3, 0.4) is 0 Å². The molecule has 1 unspecified atom stereocenters. The Labute approximate surface area is 51.7 Å². The molecule has 5 heteroatoms. The topological polar surface area (TPSA) is 76.0 Å². The first-order valence-electron chi connectivity index (χ1n) is 2.26. The molecule has 54 valence electrons. The molecule has 5 nitrogen and oxygen atoms in total. The van der Waals surface area contributed by atoms with Crippen LogP contribution in [0.2, 0.25) is 0 Å². The Morgan fingerprint density at radius 3 is 2.67 bits per heavy atom. The Bertz CT molecular complexity index is 91.0. The van der Waals surface area contributed by atoms with Gasteiger partial charge in [0.1, 0.15) is 0 Å². The number of aliphatic hydroxyl groups excluding tert-OH is 1. The standard InChI is InChI=1S/C4H8O5/c1-8-9-4(7)2-3(5)6/h4,7H,2H2,1H3,(H,5,6). The molecule has 2 N–H and O–H groups in total. The van der Waals surface area contributed by atoms with Crippen molar-refractivity contribution in [1.29, 1.82) is 0 Å². The SMILES string of the molecule is COOC(O)CC(=O)O. The van der Waals surface area contributed by atoms with Gasteiger partial charge in [0.2, 0.25) is 0 Å². The first-order chi connectivity index (χ1) is 4.16. The molecule has 0 radical (unpaired) electrons. The normalized spacial score (nSPS) is 13.1. The molecular formula is C4H8O5. The van der Waals surface area contributed by atoms with Crippen LogP contribution in [-0.4, -0.2) is 29.6 Å². The first kappa shape index (κ1) is 8.35. The summed E-state index contributed by atoms with van der Waals surface area (Å²) in [7, 11) is 1.19. The van der Waals surface area contributed by atoms with Crippen molar-refractivity contribution >= 4 is 5.97 Å². The van der Waals surface area contributed by atoms with Gasteiger partial charge in [-0.05, 0) is 0 Å². The number of carboxylic acids is 1. The van der Waals surface area contributed by atoms with E-state index in [0.29, 0.717) is 0 Å². The van der Waals surface area contributed by atoms with Gasteiger partial charge in [0.25, 0.3) is 0 Å².